The highest BCUT2D eigenvalue weighted by atomic mass is 19.0. The van der Waals surface area contributed by atoms with Crippen molar-refractivity contribution in [2.45, 2.75) is 0 Å². The first kappa shape index (κ1) is 12.2. The Hall–Kier alpha value is -2.78. The number of hydrogen-bond donors (Lipinski definition) is 0. The Balaban J connectivity index is 0.00000196. The molecule has 6 heteroatoms. The van der Waals surface area contributed by atoms with Gasteiger partial charge in [-0.05, 0) is 0 Å². The van der Waals surface area contributed by atoms with Crippen LogP contribution in [0.2, 0.25) is 0 Å². The molecule has 0 aliphatic heterocycles. The summed E-state index contributed by atoms with van der Waals surface area (Å²) < 4.78 is 0. The van der Waals surface area contributed by atoms with Crippen LogP contribution in [0.25, 0.3) is 0 Å². The van der Waals surface area contributed by atoms with Crippen LogP contribution in [0.15, 0.2) is 22.8 Å². The van der Waals surface area contributed by atoms with Crippen LogP contribution in [0.3, 0.4) is 0 Å². The summed E-state index contributed by atoms with van der Waals surface area (Å²) in [6.45, 7) is 0. The van der Waals surface area contributed by atoms with Crippen LogP contribution in [0, 0.1) is 34.0 Å². The normalized spacial score (nSPS) is 14.3. The van der Waals surface area contributed by atoms with Crippen LogP contribution in [0.5, 0.6) is 0 Å². The Labute approximate surface area is 83.5 Å². The fraction of sp³-hybridized carbons (Fsp3) is 0. The third-order valence-corrected chi connectivity index (χ3v) is 1.59. The van der Waals surface area contributed by atoms with Crippen LogP contribution in [0.4, 0.5) is 4.70 Å². The summed E-state index contributed by atoms with van der Waals surface area (Å²) in [5, 5.41) is 25.5. The second-order valence-electron chi connectivity index (χ2n) is 2.34. The van der Waals surface area contributed by atoms with Crippen molar-refractivity contribution in [2.75, 3.05) is 0 Å². The Morgan fingerprint density at radius 1 is 0.933 bits per heavy atom. The van der Waals surface area contributed by atoms with E-state index in [-0.39, 0.29) is 4.70 Å². The molecule has 0 amide bonds. The molecule has 0 saturated heterocycles. The van der Waals surface area contributed by atoms with Gasteiger partial charge in [0.05, 0.1) is 0 Å². The highest BCUT2D eigenvalue weighted by molar-refractivity contribution is 6.27. The molecule has 0 atom stereocenters. The number of allylic oxidation sites excluding steroid dienone is 4. The minimum absolute atomic E-state index is 0. The second kappa shape index (κ2) is 4.45. The summed E-state index contributed by atoms with van der Waals surface area (Å²) in [6.07, 6.45) is 0.766. The number of carbonyl (C=O) groups is 2. The van der Waals surface area contributed by atoms with E-state index in [1.165, 1.54) is 18.2 Å². The molecule has 72 valence electrons. The Bertz CT molecular complexity index is 523. The molecule has 0 N–H and O–H groups in total. The van der Waals surface area contributed by atoms with Crippen molar-refractivity contribution in [1.82, 2.24) is 0 Å². The number of nitrogens with zero attached hydrogens (tertiary/aromatic N) is 3. The molecule has 1 aliphatic carbocycles. The molecule has 0 saturated carbocycles. The molecule has 1 rings (SSSR count). The minimum atomic E-state index is -0.869. The van der Waals surface area contributed by atoms with Crippen molar-refractivity contribution >= 4 is 11.6 Å². The second-order valence-corrected chi connectivity index (χ2v) is 2.34. The van der Waals surface area contributed by atoms with E-state index in [0.717, 1.165) is 6.08 Å². The zero-order chi connectivity index (χ0) is 10.7. The lowest BCUT2D eigenvalue weighted by Gasteiger charge is -2.04. The molecule has 0 aromatic carbocycles. The Morgan fingerprint density at radius 2 is 1.47 bits per heavy atom. The number of Topliss-reactive ketones (excluding diaryl/α,β-unsaturated/α-hetero) is 1. The van der Waals surface area contributed by atoms with Gasteiger partial charge in [-0.1, -0.05) is 0 Å². The molecule has 0 radical (unpaired) electrons. The van der Waals surface area contributed by atoms with Crippen molar-refractivity contribution < 1.29 is 14.3 Å². The van der Waals surface area contributed by atoms with Crippen molar-refractivity contribution in [3.8, 4) is 18.2 Å². The highest BCUT2D eigenvalue weighted by Gasteiger charge is 2.28. The maximum absolute atomic E-state index is 11.2. The maximum atomic E-state index is 11.2. The Morgan fingerprint density at radius 3 is 1.87 bits per heavy atom. The lowest BCUT2D eigenvalue weighted by molar-refractivity contribution is -0.115. The third kappa shape index (κ3) is 1.77. The van der Waals surface area contributed by atoms with Crippen molar-refractivity contribution in [3.63, 3.8) is 0 Å². The van der Waals surface area contributed by atoms with Gasteiger partial charge in [0.15, 0.2) is 5.78 Å². The first-order valence-electron chi connectivity index (χ1n) is 3.41. The van der Waals surface area contributed by atoms with E-state index in [2.05, 4.69) is 0 Å². The molecule has 0 aromatic rings. The van der Waals surface area contributed by atoms with Gasteiger partial charge in [-0.15, -0.1) is 0 Å². The Kier molecular flexibility index (Phi) is 3.63. The number of rotatable bonds is 0. The van der Waals surface area contributed by atoms with Crippen molar-refractivity contribution in [3.05, 3.63) is 22.8 Å². The van der Waals surface area contributed by atoms with E-state index in [0.29, 0.717) is 0 Å². The molecule has 0 unspecified atom stereocenters. The van der Waals surface area contributed by atoms with E-state index in [1.54, 1.807) is 0 Å². The molecule has 15 heavy (non-hydrogen) atoms. The van der Waals surface area contributed by atoms with Crippen LogP contribution in [-0.4, -0.2) is 11.6 Å². The quantitative estimate of drug-likeness (QED) is 0.518. The highest BCUT2D eigenvalue weighted by Crippen LogP contribution is 2.17. The minimum Gasteiger partial charge on any atom is -0.288 e. The molecular formula is C9H2FN3O2. The van der Waals surface area contributed by atoms with Crippen molar-refractivity contribution in [2.24, 2.45) is 0 Å². The largest absolute Gasteiger partial charge is 0.288 e. The zero-order valence-electron chi connectivity index (χ0n) is 7.14. The smallest absolute Gasteiger partial charge is 0.215 e. The molecule has 1 aliphatic rings. The predicted octanol–water partition coefficient (Wildman–Crippen LogP) is 0.0844. The van der Waals surface area contributed by atoms with Gasteiger partial charge in [0, 0.05) is 6.08 Å². The van der Waals surface area contributed by atoms with Crippen LogP contribution in [-0.2, 0) is 9.59 Å². The first-order valence-corrected chi connectivity index (χ1v) is 3.41. The molecular weight excluding hydrogens is 201 g/mol. The molecule has 0 heterocycles. The van der Waals surface area contributed by atoms with Gasteiger partial charge in [-0.3, -0.25) is 14.3 Å². The SMILES string of the molecule is F.N#CC1=CC(=O)C(C#N)=C(C#N)C1=O. The van der Waals surface area contributed by atoms with E-state index >= 15 is 0 Å². The summed E-state index contributed by atoms with van der Waals surface area (Å²) in [5.74, 6) is -1.65. The van der Waals surface area contributed by atoms with Gasteiger partial charge in [-0.25, -0.2) is 0 Å². The summed E-state index contributed by atoms with van der Waals surface area (Å²) in [6, 6.07) is 4.40. The number of ketones is 2. The van der Waals surface area contributed by atoms with Gasteiger partial charge in [0.2, 0.25) is 5.78 Å². The van der Waals surface area contributed by atoms with E-state index in [4.69, 9.17) is 15.8 Å². The van der Waals surface area contributed by atoms with Gasteiger partial charge >= 0.3 is 0 Å². The van der Waals surface area contributed by atoms with Gasteiger partial charge < -0.3 is 0 Å². The maximum Gasteiger partial charge on any atom is 0.215 e. The molecule has 0 aromatic heterocycles. The first-order chi connectivity index (χ1) is 6.65. The summed E-state index contributed by atoms with van der Waals surface area (Å²) in [4.78, 5) is 22.3. The molecule has 0 fully saturated rings. The van der Waals surface area contributed by atoms with Gasteiger partial charge in [0.25, 0.3) is 0 Å². The summed E-state index contributed by atoms with van der Waals surface area (Å²) in [5.41, 5.74) is -1.47. The number of halogens is 1. The van der Waals surface area contributed by atoms with Crippen LogP contribution in [0.1, 0.15) is 0 Å². The lowest BCUT2D eigenvalue weighted by Crippen LogP contribution is -2.17. The van der Waals surface area contributed by atoms with Crippen LogP contribution < -0.4 is 0 Å². The average molecular weight is 203 g/mol. The summed E-state index contributed by atoms with van der Waals surface area (Å²) >= 11 is 0. The number of hydrogen-bond acceptors (Lipinski definition) is 5. The van der Waals surface area contributed by atoms with Crippen LogP contribution >= 0.6 is 0 Å². The monoisotopic (exact) mass is 203 g/mol. The molecule has 5 nitrogen and oxygen atoms in total. The molecule has 0 spiro atoms. The van der Waals surface area contributed by atoms with Gasteiger partial charge in [-0.2, -0.15) is 15.8 Å². The van der Waals surface area contributed by atoms with E-state index in [1.807, 2.05) is 0 Å². The lowest BCUT2D eigenvalue weighted by atomic mass is 9.91. The zero-order valence-corrected chi connectivity index (χ0v) is 7.14. The number of carbonyl (C=O) groups excluding carboxylic acids is 2. The summed E-state index contributed by atoms with van der Waals surface area (Å²) in [7, 11) is 0. The van der Waals surface area contributed by atoms with Crippen molar-refractivity contribution in [1.29, 1.82) is 15.8 Å². The average Bonchev–Trinajstić information content (AvgIpc) is 2.20. The molecule has 0 bridgehead atoms. The fourth-order valence-electron chi connectivity index (χ4n) is 0.941. The number of nitriles is 3. The topological polar surface area (TPSA) is 106 Å². The van der Waals surface area contributed by atoms with E-state index < -0.39 is 28.3 Å². The predicted molar refractivity (Wildman–Crippen MR) is 44.5 cm³/mol. The standard InChI is InChI=1S/C9HN3O2.FH/c10-2-5-1-8(13)6(3-11)7(4-12)9(5)14;/h1H;1H. The third-order valence-electron chi connectivity index (χ3n) is 1.59. The fourth-order valence-corrected chi connectivity index (χ4v) is 0.941. The van der Waals surface area contributed by atoms with E-state index in [9.17, 15) is 9.59 Å². The van der Waals surface area contributed by atoms with Gasteiger partial charge in [0.1, 0.15) is 34.9 Å².